The van der Waals surface area contributed by atoms with E-state index in [-0.39, 0.29) is 38.3 Å². The van der Waals surface area contributed by atoms with E-state index in [4.69, 9.17) is 9.47 Å². The lowest BCUT2D eigenvalue weighted by molar-refractivity contribution is -0.253. The molecule has 0 aromatic heterocycles. The molecule has 0 saturated carbocycles. The summed E-state index contributed by atoms with van der Waals surface area (Å²) in [7, 11) is 0. The number of amides is 2. The van der Waals surface area contributed by atoms with Crippen molar-refractivity contribution in [1.29, 1.82) is 0 Å². The van der Waals surface area contributed by atoms with Crippen LogP contribution in [0.1, 0.15) is 59.5 Å². The first kappa shape index (κ1) is 38.7. The first-order valence-electron chi connectivity index (χ1n) is 19.0. The molecule has 9 nitrogen and oxygen atoms in total. The predicted octanol–water partition coefficient (Wildman–Crippen LogP) is 6.38. The Labute approximate surface area is 319 Å². The topological polar surface area (TPSA) is 94.6 Å². The third-order valence-electron chi connectivity index (χ3n) is 10.8. The first-order chi connectivity index (χ1) is 26.6. The molecule has 3 saturated heterocycles. The summed E-state index contributed by atoms with van der Waals surface area (Å²) in [5, 5.41) is 12.3. The van der Waals surface area contributed by atoms with Crippen LogP contribution in [0.15, 0.2) is 103 Å². The van der Waals surface area contributed by atoms with Gasteiger partial charge in [0, 0.05) is 64.3 Å². The Kier molecular flexibility index (Phi) is 12.3. The number of benzene rings is 4. The summed E-state index contributed by atoms with van der Waals surface area (Å²) in [5.41, 5.74) is 6.71. The highest BCUT2D eigenvalue weighted by molar-refractivity contribution is 5.90. The molecule has 0 spiro atoms. The minimum Gasteiger partial charge on any atom is -0.392 e. The first-order valence-corrected chi connectivity index (χ1v) is 19.0. The second kappa shape index (κ2) is 17.5. The number of hydrogen-bond acceptors (Lipinski definition) is 7. The van der Waals surface area contributed by atoms with Crippen LogP contribution < -0.4 is 5.32 Å². The fourth-order valence-corrected chi connectivity index (χ4v) is 7.74. The van der Waals surface area contributed by atoms with Gasteiger partial charge in [-0.2, -0.15) is 13.2 Å². The summed E-state index contributed by atoms with van der Waals surface area (Å²) >= 11 is 0. The molecule has 12 heteroatoms. The molecule has 3 aliphatic rings. The van der Waals surface area contributed by atoms with E-state index in [1.807, 2.05) is 78.9 Å². The zero-order valence-electron chi connectivity index (χ0n) is 30.7. The van der Waals surface area contributed by atoms with Gasteiger partial charge in [0.05, 0.1) is 18.8 Å². The summed E-state index contributed by atoms with van der Waals surface area (Å²) in [6.07, 6.45) is -4.61. The van der Waals surface area contributed by atoms with Crippen LogP contribution in [0.5, 0.6) is 0 Å². The van der Waals surface area contributed by atoms with Crippen molar-refractivity contribution < 1.29 is 37.3 Å². The van der Waals surface area contributed by atoms with Gasteiger partial charge in [-0.15, -0.1) is 0 Å². The van der Waals surface area contributed by atoms with Crippen molar-refractivity contribution in [2.75, 3.05) is 39.3 Å². The normalized spacial score (nSPS) is 22.4. The molecule has 4 aromatic carbocycles. The molecule has 3 fully saturated rings. The van der Waals surface area contributed by atoms with Gasteiger partial charge >= 0.3 is 12.1 Å². The van der Waals surface area contributed by atoms with Crippen LogP contribution in [0, 0.1) is 0 Å². The van der Waals surface area contributed by atoms with Crippen molar-refractivity contribution >= 4 is 11.8 Å². The standard InChI is InChI=1S/C43H47F3N4O5/c44-43(45,46)42(53)50-19-5-10-38(50)40(52)47-26-32-8-4-9-36(24-32)33-15-17-35(18-16-33)41-54-37(25-39(55-41)34-13-11-31(29-51)12-14-34)28-49-22-20-48(21-23-49)27-30-6-2-1-3-7-30/h1-4,6-9,11-18,24,37-39,41,51H,5,10,19-23,25-29H2,(H,47,52). The predicted molar refractivity (Wildman–Crippen MR) is 201 cm³/mol. The number of carbonyl (C=O) groups excluding carboxylic acids is 2. The van der Waals surface area contributed by atoms with E-state index in [1.54, 1.807) is 0 Å². The Morgan fingerprint density at radius 3 is 2.15 bits per heavy atom. The fraction of sp³-hybridized carbons (Fsp3) is 0.395. The van der Waals surface area contributed by atoms with Gasteiger partial charge in [0.2, 0.25) is 5.91 Å². The van der Waals surface area contributed by atoms with Crippen molar-refractivity contribution in [3.8, 4) is 11.1 Å². The number of ether oxygens (including phenoxy) is 2. The molecule has 4 unspecified atom stereocenters. The van der Waals surface area contributed by atoms with E-state index in [0.29, 0.717) is 17.7 Å². The molecule has 290 valence electrons. The number of hydrogen-bond donors (Lipinski definition) is 2. The lowest BCUT2D eigenvalue weighted by Gasteiger charge is -2.40. The van der Waals surface area contributed by atoms with Gasteiger partial charge < -0.3 is 24.8 Å². The van der Waals surface area contributed by atoms with E-state index < -0.39 is 30.3 Å². The van der Waals surface area contributed by atoms with Gasteiger partial charge in [0.1, 0.15) is 6.04 Å². The summed E-state index contributed by atoms with van der Waals surface area (Å²) in [5.74, 6) is -2.57. The number of carbonyl (C=O) groups is 2. The highest BCUT2D eigenvalue weighted by Gasteiger charge is 2.47. The van der Waals surface area contributed by atoms with Gasteiger partial charge in [0.15, 0.2) is 6.29 Å². The van der Waals surface area contributed by atoms with Crippen LogP contribution >= 0.6 is 0 Å². The van der Waals surface area contributed by atoms with Crippen molar-refractivity contribution in [2.45, 2.75) is 69.7 Å². The van der Waals surface area contributed by atoms with Crippen LogP contribution in [0.2, 0.25) is 0 Å². The van der Waals surface area contributed by atoms with Gasteiger partial charge in [-0.1, -0.05) is 97.1 Å². The number of nitrogens with zero attached hydrogens (tertiary/aromatic N) is 3. The molecule has 2 N–H and O–H groups in total. The Morgan fingerprint density at radius 1 is 0.745 bits per heavy atom. The number of aliphatic hydroxyl groups is 1. The number of aliphatic hydroxyl groups excluding tert-OH is 1. The van der Waals surface area contributed by atoms with E-state index in [2.05, 4.69) is 39.4 Å². The maximum atomic E-state index is 13.1. The Bertz CT molecular complexity index is 1890. The monoisotopic (exact) mass is 756 g/mol. The average Bonchev–Trinajstić information content (AvgIpc) is 3.71. The molecule has 55 heavy (non-hydrogen) atoms. The molecule has 3 heterocycles. The zero-order valence-corrected chi connectivity index (χ0v) is 30.7. The number of nitrogens with one attached hydrogen (secondary N) is 1. The molecular weight excluding hydrogens is 709 g/mol. The van der Waals surface area contributed by atoms with Gasteiger partial charge in [-0.25, -0.2) is 0 Å². The third kappa shape index (κ3) is 9.81. The van der Waals surface area contributed by atoms with E-state index in [1.165, 1.54) is 5.56 Å². The van der Waals surface area contributed by atoms with Crippen LogP contribution in [0.25, 0.3) is 11.1 Å². The number of likely N-dealkylation sites (tertiary alicyclic amines) is 1. The summed E-state index contributed by atoms with van der Waals surface area (Å²) in [4.78, 5) is 30.3. The van der Waals surface area contributed by atoms with Crippen LogP contribution in [0.4, 0.5) is 13.2 Å². The second-order valence-electron chi connectivity index (χ2n) is 14.6. The molecule has 0 radical (unpaired) electrons. The maximum Gasteiger partial charge on any atom is 0.471 e. The van der Waals surface area contributed by atoms with Crippen molar-refractivity contribution in [3.63, 3.8) is 0 Å². The molecule has 3 aliphatic heterocycles. The van der Waals surface area contributed by atoms with E-state index in [0.717, 1.165) is 72.6 Å². The lowest BCUT2D eigenvalue weighted by Crippen LogP contribution is -2.50. The third-order valence-corrected chi connectivity index (χ3v) is 10.8. The highest BCUT2D eigenvalue weighted by atomic mass is 19.4. The van der Waals surface area contributed by atoms with Crippen LogP contribution in [-0.4, -0.2) is 89.2 Å². The maximum absolute atomic E-state index is 13.1. The van der Waals surface area contributed by atoms with Gasteiger partial charge in [0.25, 0.3) is 0 Å². The highest BCUT2D eigenvalue weighted by Crippen LogP contribution is 2.39. The molecule has 0 aliphatic carbocycles. The largest absolute Gasteiger partial charge is 0.471 e. The molecule has 7 rings (SSSR count). The number of alkyl halides is 3. The summed E-state index contributed by atoms with van der Waals surface area (Å²) in [6, 6.07) is 32.9. The summed E-state index contributed by atoms with van der Waals surface area (Å²) in [6.45, 7) is 5.65. The Morgan fingerprint density at radius 2 is 1.44 bits per heavy atom. The molecule has 4 aromatic rings. The Balaban J connectivity index is 0.993. The van der Waals surface area contributed by atoms with E-state index >= 15 is 0 Å². The van der Waals surface area contributed by atoms with Crippen molar-refractivity contribution in [1.82, 2.24) is 20.0 Å². The Hall–Kier alpha value is -4.59. The number of rotatable bonds is 11. The minimum absolute atomic E-state index is 0.0208. The number of piperazine rings is 1. The van der Waals surface area contributed by atoms with Gasteiger partial charge in [-0.05, 0) is 52.3 Å². The quantitative estimate of drug-likeness (QED) is 0.184. The molecule has 2 amide bonds. The number of halogens is 3. The molecule has 4 atom stereocenters. The van der Waals surface area contributed by atoms with Crippen LogP contribution in [-0.2, 0) is 38.8 Å². The lowest BCUT2D eigenvalue weighted by atomic mass is 9.98. The smallest absolute Gasteiger partial charge is 0.392 e. The summed E-state index contributed by atoms with van der Waals surface area (Å²) < 4.78 is 52.4. The SMILES string of the molecule is O=C(NCc1cccc(-c2ccc(C3OC(CN4CCN(Cc5ccccc5)CC4)CC(c4ccc(CO)cc4)O3)cc2)c1)C1CCCN1C(=O)C(F)(F)F. The van der Waals surface area contributed by atoms with Crippen molar-refractivity contribution in [3.05, 3.63) is 131 Å². The molecule has 0 bridgehead atoms. The minimum atomic E-state index is -5.02. The second-order valence-corrected chi connectivity index (χ2v) is 14.6. The fourth-order valence-electron chi connectivity index (χ4n) is 7.74. The van der Waals surface area contributed by atoms with Crippen molar-refractivity contribution in [2.24, 2.45) is 0 Å². The molecular formula is C43H47F3N4O5. The van der Waals surface area contributed by atoms with Gasteiger partial charge in [-0.3, -0.25) is 19.4 Å². The van der Waals surface area contributed by atoms with Crippen LogP contribution in [0.3, 0.4) is 0 Å². The van der Waals surface area contributed by atoms with E-state index in [9.17, 15) is 27.9 Å². The zero-order chi connectivity index (χ0) is 38.4. The average molecular weight is 757 g/mol.